The molecule has 0 saturated heterocycles. The van der Waals surface area contributed by atoms with Crippen LogP contribution in [0.15, 0.2) is 33.8 Å². The third-order valence-corrected chi connectivity index (χ3v) is 3.70. The zero-order valence-corrected chi connectivity index (χ0v) is 14.5. The Bertz CT molecular complexity index is 681. The predicted molar refractivity (Wildman–Crippen MR) is 93.5 cm³/mol. The van der Waals surface area contributed by atoms with E-state index < -0.39 is 0 Å². The van der Waals surface area contributed by atoms with Crippen molar-refractivity contribution in [3.05, 3.63) is 52.7 Å². The number of hydrogen-bond donors (Lipinski definition) is 2. The number of guanidine groups is 1. The highest BCUT2D eigenvalue weighted by molar-refractivity contribution is 5.79. The Kier molecular flexibility index (Phi) is 6.78. The largest absolute Gasteiger partial charge is 0.359 e. The van der Waals surface area contributed by atoms with Crippen LogP contribution >= 0.6 is 0 Å². The highest BCUT2D eigenvalue weighted by Gasteiger charge is 2.04. The quantitative estimate of drug-likeness (QED) is 0.604. The minimum atomic E-state index is -0.197. The molecule has 5 nitrogen and oxygen atoms in total. The summed E-state index contributed by atoms with van der Waals surface area (Å²) in [5, 5.41) is 10.4. The molecule has 24 heavy (non-hydrogen) atoms. The Hall–Kier alpha value is -2.37. The molecule has 1 aromatic carbocycles. The molecule has 1 aromatic heterocycles. The van der Waals surface area contributed by atoms with Gasteiger partial charge < -0.3 is 15.2 Å². The third-order valence-electron chi connectivity index (χ3n) is 3.70. The molecular weight excluding hydrogens is 307 g/mol. The minimum absolute atomic E-state index is 0.197. The fourth-order valence-corrected chi connectivity index (χ4v) is 2.35. The fraction of sp³-hybridized carbons (Fsp3) is 0.444. The van der Waals surface area contributed by atoms with Crippen molar-refractivity contribution in [3.8, 4) is 0 Å². The van der Waals surface area contributed by atoms with E-state index in [1.807, 2.05) is 32.9 Å². The van der Waals surface area contributed by atoms with Gasteiger partial charge >= 0.3 is 0 Å². The maximum Gasteiger partial charge on any atom is 0.191 e. The monoisotopic (exact) mass is 332 g/mol. The van der Waals surface area contributed by atoms with Crippen molar-refractivity contribution in [2.45, 2.75) is 40.2 Å². The van der Waals surface area contributed by atoms with Gasteiger partial charge in [0.25, 0.3) is 0 Å². The van der Waals surface area contributed by atoms with Gasteiger partial charge in [0.2, 0.25) is 0 Å². The van der Waals surface area contributed by atoms with Gasteiger partial charge in [0.15, 0.2) is 11.7 Å². The molecular formula is C18H25FN4O. The lowest BCUT2D eigenvalue weighted by Gasteiger charge is -2.12. The molecule has 1 heterocycles. The summed E-state index contributed by atoms with van der Waals surface area (Å²) in [5.41, 5.74) is 3.03. The Morgan fingerprint density at radius 3 is 2.75 bits per heavy atom. The van der Waals surface area contributed by atoms with Crippen LogP contribution in [0.25, 0.3) is 0 Å². The number of nitrogens with zero attached hydrogens (tertiary/aromatic N) is 2. The number of aromatic nitrogens is 1. The van der Waals surface area contributed by atoms with Crippen molar-refractivity contribution in [2.24, 2.45) is 4.99 Å². The highest BCUT2D eigenvalue weighted by atomic mass is 19.1. The molecule has 6 heteroatoms. The van der Waals surface area contributed by atoms with Crippen LogP contribution in [-0.4, -0.2) is 24.2 Å². The third kappa shape index (κ3) is 5.37. The smallest absolute Gasteiger partial charge is 0.191 e. The number of aliphatic imine (C=N–C) groups is 1. The highest BCUT2D eigenvalue weighted by Crippen LogP contribution is 2.10. The van der Waals surface area contributed by atoms with Crippen LogP contribution in [0.3, 0.4) is 0 Å². The van der Waals surface area contributed by atoms with Gasteiger partial charge in [0, 0.05) is 19.2 Å². The number of rotatable bonds is 7. The van der Waals surface area contributed by atoms with E-state index in [0.29, 0.717) is 6.54 Å². The molecule has 0 aliphatic rings. The van der Waals surface area contributed by atoms with Crippen LogP contribution in [0.1, 0.15) is 36.4 Å². The van der Waals surface area contributed by atoms with Gasteiger partial charge in [0.1, 0.15) is 12.4 Å². The van der Waals surface area contributed by atoms with Gasteiger partial charge in [-0.1, -0.05) is 18.1 Å². The zero-order valence-electron chi connectivity index (χ0n) is 14.5. The van der Waals surface area contributed by atoms with E-state index >= 15 is 0 Å². The maximum atomic E-state index is 13.1. The molecule has 2 N–H and O–H groups in total. The molecule has 2 rings (SSSR count). The van der Waals surface area contributed by atoms with Crippen LogP contribution in [-0.2, 0) is 19.4 Å². The first-order valence-electron chi connectivity index (χ1n) is 8.34. The second kappa shape index (κ2) is 9.05. The fourth-order valence-electron chi connectivity index (χ4n) is 2.35. The number of hydrogen-bond acceptors (Lipinski definition) is 3. The molecule has 0 radical (unpaired) electrons. The average Bonchev–Trinajstić information content (AvgIpc) is 3.02. The first-order chi connectivity index (χ1) is 11.6. The molecule has 0 atom stereocenters. The van der Waals surface area contributed by atoms with Crippen molar-refractivity contribution in [2.75, 3.05) is 13.1 Å². The number of halogens is 1. The SMILES string of the molecule is CCNC(=NCc1cc(CC)no1)NCCc1ccc(F)cc1C. The Labute approximate surface area is 142 Å². The predicted octanol–water partition coefficient (Wildman–Crippen LogP) is 2.98. The molecule has 0 aliphatic heterocycles. The van der Waals surface area contributed by atoms with Gasteiger partial charge in [-0.2, -0.15) is 0 Å². The number of benzene rings is 1. The summed E-state index contributed by atoms with van der Waals surface area (Å²) in [7, 11) is 0. The Balaban J connectivity index is 1.89. The second-order valence-electron chi connectivity index (χ2n) is 5.58. The van der Waals surface area contributed by atoms with Gasteiger partial charge in [-0.3, -0.25) is 0 Å². The summed E-state index contributed by atoms with van der Waals surface area (Å²) in [6, 6.07) is 6.81. The van der Waals surface area contributed by atoms with Crippen LogP contribution in [0.2, 0.25) is 0 Å². The molecule has 0 spiro atoms. The summed E-state index contributed by atoms with van der Waals surface area (Å²) < 4.78 is 18.4. The standard InChI is InChI=1S/C18H25FN4O/c1-4-16-11-17(24-23-16)12-22-18(20-5-2)21-9-8-14-6-7-15(19)10-13(14)3/h6-7,10-11H,4-5,8-9,12H2,1-3H3,(H2,20,21,22). The van der Waals surface area contributed by atoms with Gasteiger partial charge in [0.05, 0.1) is 5.69 Å². The molecule has 0 bridgehead atoms. The van der Waals surface area contributed by atoms with Crippen molar-refractivity contribution >= 4 is 5.96 Å². The van der Waals surface area contributed by atoms with Gasteiger partial charge in [-0.15, -0.1) is 0 Å². The van der Waals surface area contributed by atoms with Gasteiger partial charge in [-0.25, -0.2) is 9.38 Å². The lowest BCUT2D eigenvalue weighted by Crippen LogP contribution is -2.38. The average molecular weight is 332 g/mol. The normalized spacial score (nSPS) is 11.6. The zero-order chi connectivity index (χ0) is 17.4. The van der Waals surface area contributed by atoms with Crippen LogP contribution in [0, 0.1) is 12.7 Å². The maximum absolute atomic E-state index is 13.1. The van der Waals surface area contributed by atoms with E-state index in [1.165, 1.54) is 6.07 Å². The summed E-state index contributed by atoms with van der Waals surface area (Å²) in [4.78, 5) is 4.50. The molecule has 0 fully saturated rings. The lowest BCUT2D eigenvalue weighted by atomic mass is 10.1. The van der Waals surface area contributed by atoms with Crippen LogP contribution in [0.4, 0.5) is 4.39 Å². The first-order valence-corrected chi connectivity index (χ1v) is 8.34. The van der Waals surface area contributed by atoms with E-state index in [2.05, 4.69) is 20.8 Å². The Morgan fingerprint density at radius 1 is 1.25 bits per heavy atom. The van der Waals surface area contributed by atoms with Gasteiger partial charge in [-0.05, 0) is 49.9 Å². The van der Waals surface area contributed by atoms with E-state index in [9.17, 15) is 4.39 Å². The Morgan fingerprint density at radius 2 is 2.08 bits per heavy atom. The molecule has 130 valence electrons. The summed E-state index contributed by atoms with van der Waals surface area (Å²) in [5.74, 6) is 1.28. The second-order valence-corrected chi connectivity index (χ2v) is 5.58. The van der Waals surface area contributed by atoms with Crippen molar-refractivity contribution in [1.29, 1.82) is 0 Å². The molecule has 0 saturated carbocycles. The van der Waals surface area contributed by atoms with E-state index in [4.69, 9.17) is 4.52 Å². The van der Waals surface area contributed by atoms with E-state index in [1.54, 1.807) is 6.07 Å². The van der Waals surface area contributed by atoms with Crippen molar-refractivity contribution in [3.63, 3.8) is 0 Å². The van der Waals surface area contributed by atoms with Crippen molar-refractivity contribution < 1.29 is 8.91 Å². The molecule has 2 aromatic rings. The van der Waals surface area contributed by atoms with Crippen LogP contribution in [0.5, 0.6) is 0 Å². The molecule has 0 unspecified atom stereocenters. The molecule has 0 aliphatic carbocycles. The first kappa shape index (κ1) is 18.0. The molecule has 0 amide bonds. The lowest BCUT2D eigenvalue weighted by molar-refractivity contribution is 0.379. The number of aryl methyl sites for hydroxylation is 2. The van der Waals surface area contributed by atoms with E-state index in [-0.39, 0.29) is 5.82 Å². The van der Waals surface area contributed by atoms with Crippen molar-refractivity contribution in [1.82, 2.24) is 15.8 Å². The summed E-state index contributed by atoms with van der Waals surface area (Å²) >= 11 is 0. The topological polar surface area (TPSA) is 62.5 Å². The number of nitrogens with one attached hydrogen (secondary N) is 2. The summed E-state index contributed by atoms with van der Waals surface area (Å²) in [6.45, 7) is 7.91. The summed E-state index contributed by atoms with van der Waals surface area (Å²) in [6.07, 6.45) is 1.65. The van der Waals surface area contributed by atoms with E-state index in [0.717, 1.165) is 54.5 Å². The minimum Gasteiger partial charge on any atom is -0.359 e. The van der Waals surface area contributed by atoms with Crippen LogP contribution < -0.4 is 10.6 Å².